The van der Waals surface area contributed by atoms with E-state index in [4.69, 9.17) is 8.85 Å². The highest BCUT2D eigenvalue weighted by Gasteiger charge is 2.41. The molecule has 0 atom stereocenters. The van der Waals surface area contributed by atoms with Crippen molar-refractivity contribution in [3.8, 4) is 0 Å². The minimum atomic E-state index is -2.63. The van der Waals surface area contributed by atoms with E-state index >= 15 is 0 Å². The number of rotatable bonds is 7. The molecule has 0 spiro atoms. The average molecular weight is 342 g/mol. The Morgan fingerprint density at radius 2 is 1.38 bits per heavy atom. The fourth-order valence-corrected chi connectivity index (χ4v) is 6.34. The Hall–Kier alpha value is -1.46. The monoisotopic (exact) mass is 341 g/mol. The Bertz CT molecular complexity index is 560. The fourth-order valence-electron chi connectivity index (χ4n) is 3.44. The van der Waals surface area contributed by atoms with Crippen LogP contribution < -0.4 is 10.4 Å². The van der Waals surface area contributed by atoms with Crippen LogP contribution in [0, 0.1) is 0 Å². The Balaban J connectivity index is 1.79. The first-order chi connectivity index (χ1) is 11.8. The maximum atomic E-state index is 6.53. The minimum absolute atomic E-state index is 0.712. The molecule has 1 fully saturated rings. The van der Waals surface area contributed by atoms with Gasteiger partial charge < -0.3 is 13.8 Å². The van der Waals surface area contributed by atoms with Crippen molar-refractivity contribution in [2.45, 2.75) is 19.3 Å². The Kier molecular flexibility index (Phi) is 6.21. The first-order valence-electron chi connectivity index (χ1n) is 8.88. The molecule has 3 rings (SSSR count). The topological polar surface area (TPSA) is 21.7 Å². The fraction of sp³-hybridized carbons (Fsp3) is 0.400. The van der Waals surface area contributed by atoms with Crippen LogP contribution in [0.5, 0.6) is 0 Å². The third kappa shape index (κ3) is 3.95. The van der Waals surface area contributed by atoms with E-state index in [-0.39, 0.29) is 0 Å². The molecule has 0 bridgehead atoms. The van der Waals surface area contributed by atoms with E-state index in [1.165, 1.54) is 32.4 Å². The molecule has 1 saturated heterocycles. The van der Waals surface area contributed by atoms with E-state index in [1.54, 1.807) is 7.11 Å². The van der Waals surface area contributed by atoms with Crippen molar-refractivity contribution in [1.29, 1.82) is 0 Å². The molecule has 0 unspecified atom stereocenters. The zero-order valence-corrected chi connectivity index (χ0v) is 15.5. The maximum Gasteiger partial charge on any atom is 0.406 e. The molecule has 0 saturated carbocycles. The molecule has 1 aliphatic rings. The molecule has 1 heterocycles. The van der Waals surface area contributed by atoms with Crippen LogP contribution in [0.25, 0.3) is 0 Å². The van der Waals surface area contributed by atoms with Gasteiger partial charge in [0.25, 0.3) is 0 Å². The zero-order valence-electron chi connectivity index (χ0n) is 14.5. The summed E-state index contributed by atoms with van der Waals surface area (Å²) in [5.41, 5.74) is 0. The summed E-state index contributed by atoms with van der Waals surface area (Å²) >= 11 is 0. The number of hydrogen-bond acceptors (Lipinski definition) is 3. The van der Waals surface area contributed by atoms with Gasteiger partial charge in [-0.25, -0.2) is 0 Å². The van der Waals surface area contributed by atoms with Crippen LogP contribution in [-0.2, 0) is 8.85 Å². The standard InChI is InChI=1S/C20H27NO2Si/c1-22-24(19-11-5-2-6-12-19,20-13-7-3-8-14-20)23-18-17-21-15-9-4-10-16-21/h2-3,5-8,11-14H,4,9-10,15-18H2,1H3. The van der Waals surface area contributed by atoms with E-state index in [1.807, 2.05) is 12.1 Å². The molecule has 0 aromatic heterocycles. The lowest BCUT2D eigenvalue weighted by molar-refractivity contribution is 0.159. The Labute approximate surface area is 146 Å². The highest BCUT2D eigenvalue weighted by atomic mass is 28.4. The molecule has 24 heavy (non-hydrogen) atoms. The number of likely N-dealkylation sites (tertiary alicyclic amines) is 1. The Morgan fingerprint density at radius 3 is 1.88 bits per heavy atom. The van der Waals surface area contributed by atoms with Crippen molar-refractivity contribution in [2.24, 2.45) is 0 Å². The van der Waals surface area contributed by atoms with Gasteiger partial charge in [-0.3, -0.25) is 0 Å². The van der Waals surface area contributed by atoms with Gasteiger partial charge in [0.15, 0.2) is 0 Å². The molecule has 128 valence electrons. The van der Waals surface area contributed by atoms with E-state index in [2.05, 4.69) is 53.4 Å². The van der Waals surface area contributed by atoms with Crippen LogP contribution >= 0.6 is 0 Å². The van der Waals surface area contributed by atoms with Crippen LogP contribution in [0.4, 0.5) is 0 Å². The summed E-state index contributed by atoms with van der Waals surface area (Å²) < 4.78 is 12.6. The number of nitrogens with zero attached hydrogens (tertiary/aromatic N) is 1. The van der Waals surface area contributed by atoms with Gasteiger partial charge in [0.1, 0.15) is 0 Å². The molecule has 0 amide bonds. The predicted molar refractivity (Wildman–Crippen MR) is 101 cm³/mol. The van der Waals surface area contributed by atoms with Gasteiger partial charge in [0.05, 0.1) is 0 Å². The van der Waals surface area contributed by atoms with Crippen LogP contribution in [0.15, 0.2) is 60.7 Å². The SMILES string of the molecule is CO[Si](OCCN1CCCCC1)(c1ccccc1)c1ccccc1. The summed E-state index contributed by atoms with van der Waals surface area (Å²) in [6.07, 6.45) is 3.98. The second kappa shape index (κ2) is 8.58. The number of hydrogen-bond donors (Lipinski definition) is 0. The van der Waals surface area contributed by atoms with Crippen molar-refractivity contribution >= 4 is 18.9 Å². The lowest BCUT2D eigenvalue weighted by atomic mass is 10.1. The second-order valence-electron chi connectivity index (χ2n) is 6.30. The van der Waals surface area contributed by atoms with Crippen LogP contribution in [0.2, 0.25) is 0 Å². The highest BCUT2D eigenvalue weighted by molar-refractivity contribution is 6.92. The maximum absolute atomic E-state index is 6.53. The van der Waals surface area contributed by atoms with Gasteiger partial charge in [-0.15, -0.1) is 0 Å². The molecule has 3 nitrogen and oxygen atoms in total. The molecular formula is C20H27NO2Si. The summed E-state index contributed by atoms with van der Waals surface area (Å²) in [5, 5.41) is 2.33. The summed E-state index contributed by atoms with van der Waals surface area (Å²) in [4.78, 5) is 2.51. The van der Waals surface area contributed by atoms with Crippen LogP contribution in [0.3, 0.4) is 0 Å². The third-order valence-electron chi connectivity index (χ3n) is 4.76. The lowest BCUT2D eigenvalue weighted by Crippen LogP contribution is -2.63. The zero-order chi connectivity index (χ0) is 16.7. The average Bonchev–Trinajstić information content (AvgIpc) is 2.68. The van der Waals surface area contributed by atoms with E-state index in [0.29, 0.717) is 6.61 Å². The largest absolute Gasteiger partial charge is 0.406 e. The molecule has 1 aliphatic heterocycles. The molecular weight excluding hydrogens is 314 g/mol. The summed E-state index contributed by atoms with van der Waals surface area (Å²) in [5.74, 6) is 0. The van der Waals surface area contributed by atoms with Gasteiger partial charge in [-0.2, -0.15) is 0 Å². The van der Waals surface area contributed by atoms with Gasteiger partial charge >= 0.3 is 8.56 Å². The third-order valence-corrected chi connectivity index (χ3v) is 8.13. The minimum Gasteiger partial charge on any atom is -0.391 e. The quantitative estimate of drug-likeness (QED) is 0.722. The van der Waals surface area contributed by atoms with Crippen molar-refractivity contribution in [3.63, 3.8) is 0 Å². The van der Waals surface area contributed by atoms with Gasteiger partial charge in [-0.05, 0) is 36.3 Å². The molecule has 2 aromatic rings. The summed E-state index contributed by atoms with van der Waals surface area (Å²) in [6, 6.07) is 20.8. The number of benzene rings is 2. The van der Waals surface area contributed by atoms with Gasteiger partial charge in [-0.1, -0.05) is 67.1 Å². The summed E-state index contributed by atoms with van der Waals surface area (Å²) in [7, 11) is -0.848. The van der Waals surface area contributed by atoms with Gasteiger partial charge in [0.2, 0.25) is 0 Å². The van der Waals surface area contributed by atoms with Crippen molar-refractivity contribution in [1.82, 2.24) is 4.90 Å². The molecule has 4 heteroatoms. The molecule has 0 radical (unpaired) electrons. The van der Waals surface area contributed by atoms with E-state index < -0.39 is 8.56 Å². The number of piperidine rings is 1. The van der Waals surface area contributed by atoms with Crippen LogP contribution in [0.1, 0.15) is 19.3 Å². The molecule has 0 aliphatic carbocycles. The molecule has 2 aromatic carbocycles. The Morgan fingerprint density at radius 1 is 0.833 bits per heavy atom. The van der Waals surface area contributed by atoms with E-state index in [9.17, 15) is 0 Å². The highest BCUT2D eigenvalue weighted by Crippen LogP contribution is 2.11. The normalized spacial score (nSPS) is 16.2. The smallest absolute Gasteiger partial charge is 0.391 e. The van der Waals surface area contributed by atoms with E-state index in [0.717, 1.165) is 16.9 Å². The van der Waals surface area contributed by atoms with Crippen molar-refractivity contribution in [2.75, 3.05) is 33.4 Å². The van der Waals surface area contributed by atoms with Crippen molar-refractivity contribution < 1.29 is 8.85 Å². The van der Waals surface area contributed by atoms with Crippen molar-refractivity contribution in [3.05, 3.63) is 60.7 Å². The first kappa shape index (κ1) is 17.4. The van der Waals surface area contributed by atoms with Gasteiger partial charge in [0, 0.05) is 20.3 Å². The molecule has 0 N–H and O–H groups in total. The predicted octanol–water partition coefficient (Wildman–Crippen LogP) is 2.39. The summed E-state index contributed by atoms with van der Waals surface area (Å²) in [6.45, 7) is 4.09. The lowest BCUT2D eigenvalue weighted by Gasteiger charge is -2.32. The second-order valence-corrected chi connectivity index (χ2v) is 9.39. The first-order valence-corrected chi connectivity index (χ1v) is 10.7. The van der Waals surface area contributed by atoms with Crippen LogP contribution in [-0.4, -0.2) is 46.8 Å².